The fourth-order valence-electron chi connectivity index (χ4n) is 1.02. The third-order valence-corrected chi connectivity index (χ3v) is 1.86. The molecule has 1 atom stereocenters. The second-order valence-electron chi connectivity index (χ2n) is 2.82. The molecular weight excluding hydrogens is 150 g/mol. The molecule has 1 unspecified atom stereocenters. The van der Waals surface area contributed by atoms with E-state index in [9.17, 15) is 0 Å². The van der Waals surface area contributed by atoms with E-state index in [2.05, 4.69) is 6.07 Å². The van der Waals surface area contributed by atoms with Crippen molar-refractivity contribution in [1.82, 2.24) is 0 Å². The van der Waals surface area contributed by atoms with Gasteiger partial charge in [0.05, 0.1) is 11.6 Å². The van der Waals surface area contributed by atoms with Gasteiger partial charge in [-0.2, -0.15) is 5.26 Å². The van der Waals surface area contributed by atoms with Crippen LogP contribution in [0.3, 0.4) is 0 Å². The van der Waals surface area contributed by atoms with Gasteiger partial charge in [-0.05, 0) is 17.7 Å². The molecule has 1 rings (SSSR count). The molecule has 0 saturated carbocycles. The van der Waals surface area contributed by atoms with Gasteiger partial charge in [0.2, 0.25) is 0 Å². The fraction of sp³-hybridized carbons (Fsp3) is 0.300. The molecule has 0 saturated heterocycles. The Morgan fingerprint density at radius 3 is 2.92 bits per heavy atom. The average molecular weight is 161 g/mol. The van der Waals surface area contributed by atoms with Gasteiger partial charge in [0, 0.05) is 12.5 Å². The Hall–Kier alpha value is -1.33. The van der Waals surface area contributed by atoms with Gasteiger partial charge in [0.1, 0.15) is 0 Å². The zero-order valence-corrected chi connectivity index (χ0v) is 6.99. The van der Waals surface area contributed by atoms with E-state index in [4.69, 9.17) is 10.4 Å². The van der Waals surface area contributed by atoms with Crippen LogP contribution in [0.25, 0.3) is 0 Å². The molecule has 2 nitrogen and oxygen atoms in total. The van der Waals surface area contributed by atoms with Gasteiger partial charge >= 0.3 is 0 Å². The molecule has 0 aliphatic heterocycles. The maximum absolute atomic E-state index is 8.87. The van der Waals surface area contributed by atoms with Crippen molar-refractivity contribution in [3.05, 3.63) is 35.4 Å². The van der Waals surface area contributed by atoms with Crippen LogP contribution in [0.15, 0.2) is 24.3 Å². The fourth-order valence-corrected chi connectivity index (χ4v) is 1.02. The SMILES string of the molecule is CC(CO)c1cccc(C#N)c1. The van der Waals surface area contributed by atoms with Gasteiger partial charge in [-0.1, -0.05) is 19.1 Å². The van der Waals surface area contributed by atoms with Crippen LogP contribution in [0, 0.1) is 11.3 Å². The summed E-state index contributed by atoms with van der Waals surface area (Å²) in [5.74, 6) is 0.110. The second-order valence-corrected chi connectivity index (χ2v) is 2.82. The summed E-state index contributed by atoms with van der Waals surface area (Å²) in [6, 6.07) is 9.38. The molecule has 1 aromatic carbocycles. The van der Waals surface area contributed by atoms with E-state index < -0.39 is 0 Å². The molecule has 0 radical (unpaired) electrons. The quantitative estimate of drug-likeness (QED) is 0.716. The van der Waals surface area contributed by atoms with E-state index >= 15 is 0 Å². The first-order valence-corrected chi connectivity index (χ1v) is 3.89. The molecule has 0 aromatic heterocycles. The highest BCUT2D eigenvalue weighted by Gasteiger charge is 2.03. The highest BCUT2D eigenvalue weighted by atomic mass is 16.3. The van der Waals surface area contributed by atoms with Gasteiger partial charge < -0.3 is 5.11 Å². The van der Waals surface area contributed by atoms with Crippen LogP contribution >= 0.6 is 0 Å². The summed E-state index contributed by atoms with van der Waals surface area (Å²) >= 11 is 0. The lowest BCUT2D eigenvalue weighted by molar-refractivity contribution is 0.273. The molecule has 62 valence electrons. The largest absolute Gasteiger partial charge is 0.396 e. The van der Waals surface area contributed by atoms with Crippen molar-refractivity contribution in [2.75, 3.05) is 6.61 Å². The molecule has 0 fully saturated rings. The number of aliphatic hydroxyl groups excluding tert-OH is 1. The maximum atomic E-state index is 8.87. The van der Waals surface area contributed by atoms with E-state index in [0.29, 0.717) is 5.56 Å². The molecule has 2 heteroatoms. The number of aliphatic hydroxyl groups is 1. The van der Waals surface area contributed by atoms with Crippen molar-refractivity contribution >= 4 is 0 Å². The van der Waals surface area contributed by atoms with Crippen molar-refractivity contribution in [2.24, 2.45) is 0 Å². The third kappa shape index (κ3) is 1.84. The Balaban J connectivity index is 2.95. The summed E-state index contributed by atoms with van der Waals surface area (Å²) in [5, 5.41) is 17.5. The minimum Gasteiger partial charge on any atom is -0.396 e. The van der Waals surface area contributed by atoms with Crippen molar-refractivity contribution in [2.45, 2.75) is 12.8 Å². The average Bonchev–Trinajstić information content (AvgIpc) is 2.17. The summed E-state index contributed by atoms with van der Waals surface area (Å²) in [5.41, 5.74) is 1.66. The zero-order valence-electron chi connectivity index (χ0n) is 6.99. The zero-order chi connectivity index (χ0) is 8.97. The van der Waals surface area contributed by atoms with Crippen molar-refractivity contribution in [1.29, 1.82) is 5.26 Å². The van der Waals surface area contributed by atoms with Crippen LogP contribution < -0.4 is 0 Å². The van der Waals surface area contributed by atoms with E-state index in [0.717, 1.165) is 5.56 Å². The number of hydrogen-bond acceptors (Lipinski definition) is 2. The summed E-state index contributed by atoms with van der Waals surface area (Å²) in [7, 11) is 0. The molecule has 1 aromatic rings. The van der Waals surface area contributed by atoms with Crippen molar-refractivity contribution in [3.63, 3.8) is 0 Å². The smallest absolute Gasteiger partial charge is 0.0991 e. The van der Waals surface area contributed by atoms with Crippen LogP contribution in [-0.4, -0.2) is 11.7 Å². The lowest BCUT2D eigenvalue weighted by Crippen LogP contribution is -1.98. The normalized spacial score (nSPS) is 12.1. The van der Waals surface area contributed by atoms with E-state index in [1.54, 1.807) is 12.1 Å². The molecule has 12 heavy (non-hydrogen) atoms. The van der Waals surface area contributed by atoms with E-state index in [1.165, 1.54) is 0 Å². The topological polar surface area (TPSA) is 44.0 Å². The Labute approximate surface area is 72.1 Å². The number of nitrogens with zero attached hydrogens (tertiary/aromatic N) is 1. The van der Waals surface area contributed by atoms with Crippen LogP contribution in [0.4, 0.5) is 0 Å². The molecule has 0 spiro atoms. The predicted molar refractivity (Wildman–Crippen MR) is 46.7 cm³/mol. The molecular formula is C10H11NO. The molecule has 0 amide bonds. The monoisotopic (exact) mass is 161 g/mol. The maximum Gasteiger partial charge on any atom is 0.0991 e. The summed E-state index contributed by atoms with van der Waals surface area (Å²) < 4.78 is 0. The van der Waals surface area contributed by atoms with Crippen molar-refractivity contribution in [3.8, 4) is 6.07 Å². The first-order chi connectivity index (χ1) is 5.77. The minimum atomic E-state index is 0.110. The molecule has 0 heterocycles. The minimum absolute atomic E-state index is 0.110. The van der Waals surface area contributed by atoms with Gasteiger partial charge in [0.25, 0.3) is 0 Å². The highest BCUT2D eigenvalue weighted by Crippen LogP contribution is 2.14. The predicted octanol–water partition coefficient (Wildman–Crippen LogP) is 1.65. The summed E-state index contributed by atoms with van der Waals surface area (Å²) in [6.45, 7) is 2.05. The number of hydrogen-bond donors (Lipinski definition) is 1. The summed E-state index contributed by atoms with van der Waals surface area (Å²) in [4.78, 5) is 0. The first-order valence-electron chi connectivity index (χ1n) is 3.89. The van der Waals surface area contributed by atoms with Gasteiger partial charge in [-0.15, -0.1) is 0 Å². The van der Waals surface area contributed by atoms with Crippen LogP contribution in [0.5, 0.6) is 0 Å². The first kappa shape index (κ1) is 8.76. The standard InChI is InChI=1S/C10H11NO/c1-8(7-12)10-4-2-3-9(5-10)6-11/h2-5,8,12H,7H2,1H3. The van der Waals surface area contributed by atoms with Gasteiger partial charge in [-0.3, -0.25) is 0 Å². The van der Waals surface area contributed by atoms with E-state index in [-0.39, 0.29) is 12.5 Å². The Kier molecular flexibility index (Phi) is 2.84. The second kappa shape index (κ2) is 3.89. The van der Waals surface area contributed by atoms with Crippen LogP contribution in [-0.2, 0) is 0 Å². The van der Waals surface area contributed by atoms with Gasteiger partial charge in [-0.25, -0.2) is 0 Å². The lowest BCUT2D eigenvalue weighted by atomic mass is 10.0. The van der Waals surface area contributed by atoms with E-state index in [1.807, 2.05) is 19.1 Å². The molecule has 0 bridgehead atoms. The molecule has 0 aliphatic carbocycles. The molecule has 0 aliphatic rings. The van der Waals surface area contributed by atoms with Crippen LogP contribution in [0.2, 0.25) is 0 Å². The molecule has 1 N–H and O–H groups in total. The number of nitriles is 1. The van der Waals surface area contributed by atoms with Crippen LogP contribution in [0.1, 0.15) is 24.0 Å². The Morgan fingerprint density at radius 1 is 1.58 bits per heavy atom. The Morgan fingerprint density at radius 2 is 2.33 bits per heavy atom. The highest BCUT2D eigenvalue weighted by molar-refractivity contribution is 5.34. The number of benzene rings is 1. The van der Waals surface area contributed by atoms with Gasteiger partial charge in [0.15, 0.2) is 0 Å². The third-order valence-electron chi connectivity index (χ3n) is 1.86. The number of rotatable bonds is 2. The Bertz CT molecular complexity index is 301. The summed E-state index contributed by atoms with van der Waals surface area (Å²) in [6.07, 6.45) is 0. The lowest BCUT2D eigenvalue weighted by Gasteiger charge is -2.07. The van der Waals surface area contributed by atoms with Crippen molar-refractivity contribution < 1.29 is 5.11 Å².